The van der Waals surface area contributed by atoms with Crippen LogP contribution in [0.2, 0.25) is 0 Å². The van der Waals surface area contributed by atoms with Gasteiger partial charge >= 0.3 is 0 Å². The summed E-state index contributed by atoms with van der Waals surface area (Å²) < 4.78 is 16.7. The van der Waals surface area contributed by atoms with Crippen molar-refractivity contribution in [1.29, 1.82) is 0 Å². The van der Waals surface area contributed by atoms with Gasteiger partial charge in [-0.3, -0.25) is 10.1 Å². The number of rotatable bonds is 3. The van der Waals surface area contributed by atoms with Crippen molar-refractivity contribution in [1.82, 2.24) is 14.8 Å². The van der Waals surface area contributed by atoms with E-state index in [2.05, 4.69) is 31.3 Å². The van der Waals surface area contributed by atoms with E-state index in [9.17, 15) is 14.5 Å². The molecule has 1 atom stereocenters. The number of hydrogen-bond acceptors (Lipinski definition) is 5. The van der Waals surface area contributed by atoms with E-state index in [1.165, 1.54) is 24.5 Å². The summed E-state index contributed by atoms with van der Waals surface area (Å²) in [6, 6.07) is 10.3. The number of nitrogens with zero attached hydrogens (tertiary/aromatic N) is 4. The van der Waals surface area contributed by atoms with Gasteiger partial charge in [-0.1, -0.05) is 28.1 Å². The molecule has 7 nitrogen and oxygen atoms in total. The molecule has 1 unspecified atom stereocenters. The van der Waals surface area contributed by atoms with Gasteiger partial charge in [0, 0.05) is 33.4 Å². The van der Waals surface area contributed by atoms with Crippen LogP contribution < -0.4 is 5.32 Å². The van der Waals surface area contributed by atoms with Crippen LogP contribution in [0, 0.1) is 15.9 Å². The first-order valence-electron chi connectivity index (χ1n) is 7.61. The molecule has 3 aromatic rings. The predicted octanol–water partition coefficient (Wildman–Crippen LogP) is 4.14. The first-order chi connectivity index (χ1) is 12.5. The highest BCUT2D eigenvalue weighted by molar-refractivity contribution is 9.10. The van der Waals surface area contributed by atoms with Gasteiger partial charge in [-0.2, -0.15) is 10.1 Å². The normalized spacial score (nSPS) is 15.8. The Balaban J connectivity index is 1.85. The van der Waals surface area contributed by atoms with Crippen LogP contribution in [-0.4, -0.2) is 19.7 Å². The van der Waals surface area contributed by atoms with Crippen molar-refractivity contribution in [2.45, 2.75) is 6.04 Å². The lowest BCUT2D eigenvalue weighted by molar-refractivity contribution is -0.384. The molecular weight excluding hydrogens is 405 g/mol. The van der Waals surface area contributed by atoms with Crippen molar-refractivity contribution < 1.29 is 9.31 Å². The highest BCUT2D eigenvalue weighted by atomic mass is 79.9. The monoisotopic (exact) mass is 415 g/mol. The number of anilines is 1. The van der Waals surface area contributed by atoms with Crippen LogP contribution in [0.5, 0.6) is 0 Å². The molecule has 130 valence electrons. The third-order valence-corrected chi connectivity index (χ3v) is 4.55. The van der Waals surface area contributed by atoms with E-state index in [0.717, 1.165) is 4.47 Å². The van der Waals surface area contributed by atoms with Gasteiger partial charge in [-0.25, -0.2) is 9.07 Å². The topological polar surface area (TPSA) is 85.9 Å². The van der Waals surface area contributed by atoms with Gasteiger partial charge in [-0.05, 0) is 24.3 Å². The standard InChI is InChI=1S/C17H11BrFN5O2/c18-11-4-5-14(19)13(7-11)16-8-15(22-17-20-9-21-23(16)17)10-2-1-3-12(6-10)24(25)26/h1-9,16H,(H,20,21,22). The highest BCUT2D eigenvalue weighted by Crippen LogP contribution is 2.34. The van der Waals surface area contributed by atoms with Crippen LogP contribution in [0.4, 0.5) is 16.0 Å². The molecule has 0 fully saturated rings. The largest absolute Gasteiger partial charge is 0.324 e. The fourth-order valence-electron chi connectivity index (χ4n) is 2.85. The van der Waals surface area contributed by atoms with Crippen molar-refractivity contribution >= 4 is 33.3 Å². The molecule has 0 saturated heterocycles. The van der Waals surface area contributed by atoms with Crippen molar-refractivity contribution in [2.75, 3.05) is 5.32 Å². The number of nitrogens with one attached hydrogen (secondary N) is 1. The summed E-state index contributed by atoms with van der Waals surface area (Å²) >= 11 is 3.36. The molecule has 1 aliphatic rings. The maximum absolute atomic E-state index is 14.4. The minimum atomic E-state index is -0.541. The second kappa shape index (κ2) is 6.34. The summed E-state index contributed by atoms with van der Waals surface area (Å²) in [5, 5.41) is 18.3. The Kier molecular flexibility index (Phi) is 4.00. The van der Waals surface area contributed by atoms with Crippen LogP contribution in [0.25, 0.3) is 5.70 Å². The fraction of sp³-hybridized carbons (Fsp3) is 0.0588. The zero-order valence-electron chi connectivity index (χ0n) is 13.1. The molecule has 0 aliphatic carbocycles. The van der Waals surface area contributed by atoms with Gasteiger partial charge in [0.15, 0.2) is 0 Å². The maximum Gasteiger partial charge on any atom is 0.270 e. The number of aromatic nitrogens is 3. The Morgan fingerprint density at radius 3 is 2.92 bits per heavy atom. The second-order valence-corrected chi connectivity index (χ2v) is 6.57. The first-order valence-corrected chi connectivity index (χ1v) is 8.40. The fourth-order valence-corrected chi connectivity index (χ4v) is 3.23. The number of benzene rings is 2. The summed E-state index contributed by atoms with van der Waals surface area (Å²) in [4.78, 5) is 14.7. The molecule has 0 radical (unpaired) electrons. The number of hydrogen-bond donors (Lipinski definition) is 1. The van der Waals surface area contributed by atoms with Crippen molar-refractivity contribution in [3.63, 3.8) is 0 Å². The molecule has 1 aliphatic heterocycles. The van der Waals surface area contributed by atoms with Gasteiger partial charge in [0.25, 0.3) is 5.69 Å². The lowest BCUT2D eigenvalue weighted by Crippen LogP contribution is -2.21. The van der Waals surface area contributed by atoms with Gasteiger partial charge in [0.05, 0.1) is 4.92 Å². The van der Waals surface area contributed by atoms with E-state index in [1.807, 2.05) is 0 Å². The van der Waals surface area contributed by atoms with Crippen LogP contribution in [0.1, 0.15) is 17.2 Å². The summed E-state index contributed by atoms with van der Waals surface area (Å²) in [6.07, 6.45) is 3.14. The molecular formula is C17H11BrFN5O2. The van der Waals surface area contributed by atoms with Crippen molar-refractivity contribution in [2.24, 2.45) is 0 Å². The van der Waals surface area contributed by atoms with Gasteiger partial charge in [0.1, 0.15) is 18.2 Å². The van der Waals surface area contributed by atoms with Crippen LogP contribution >= 0.6 is 15.9 Å². The lowest BCUT2D eigenvalue weighted by Gasteiger charge is -2.24. The summed E-state index contributed by atoms with van der Waals surface area (Å²) in [5.41, 5.74) is 1.59. The average Bonchev–Trinajstić information content (AvgIpc) is 3.11. The third-order valence-electron chi connectivity index (χ3n) is 4.05. The molecule has 0 spiro atoms. The molecule has 26 heavy (non-hydrogen) atoms. The summed E-state index contributed by atoms with van der Waals surface area (Å²) in [5.74, 6) is 0.0505. The maximum atomic E-state index is 14.4. The quantitative estimate of drug-likeness (QED) is 0.512. The van der Waals surface area contributed by atoms with Gasteiger partial charge in [0.2, 0.25) is 5.95 Å². The first kappa shape index (κ1) is 16.4. The molecule has 4 rings (SSSR count). The van der Waals surface area contributed by atoms with Gasteiger partial charge in [-0.15, -0.1) is 0 Å². The summed E-state index contributed by atoms with van der Waals surface area (Å²) in [7, 11) is 0. The second-order valence-electron chi connectivity index (χ2n) is 5.65. The number of non-ortho nitro benzene ring substituents is 1. The molecule has 2 heterocycles. The minimum absolute atomic E-state index is 0.0255. The summed E-state index contributed by atoms with van der Waals surface area (Å²) in [6.45, 7) is 0. The third kappa shape index (κ3) is 2.86. The SMILES string of the molecule is O=[N+]([O-])c1cccc(C2=CC(c3cc(Br)ccc3F)n3ncnc3N2)c1. The van der Waals surface area contributed by atoms with Crippen molar-refractivity contribution in [3.8, 4) is 0 Å². The number of nitro groups is 1. The van der Waals surface area contributed by atoms with E-state index < -0.39 is 11.0 Å². The van der Waals surface area contributed by atoms with E-state index in [0.29, 0.717) is 22.8 Å². The number of allylic oxidation sites excluding steroid dienone is 1. The van der Waals surface area contributed by atoms with E-state index in [1.54, 1.807) is 35.0 Å². The number of fused-ring (bicyclic) bond motifs is 1. The molecule has 9 heteroatoms. The van der Waals surface area contributed by atoms with E-state index in [-0.39, 0.29) is 11.5 Å². The molecule has 0 amide bonds. The van der Waals surface area contributed by atoms with Crippen molar-refractivity contribution in [3.05, 3.63) is 86.4 Å². The minimum Gasteiger partial charge on any atom is -0.324 e. The van der Waals surface area contributed by atoms with Gasteiger partial charge < -0.3 is 5.32 Å². The van der Waals surface area contributed by atoms with E-state index >= 15 is 0 Å². The Morgan fingerprint density at radius 2 is 2.12 bits per heavy atom. The number of nitro benzene ring substituents is 1. The molecule has 1 aromatic heterocycles. The Labute approximate surface area is 155 Å². The molecule has 2 aromatic carbocycles. The Morgan fingerprint density at radius 1 is 1.27 bits per heavy atom. The smallest absolute Gasteiger partial charge is 0.270 e. The Bertz CT molecular complexity index is 1050. The zero-order chi connectivity index (χ0) is 18.3. The van der Waals surface area contributed by atoms with Crippen LogP contribution in [-0.2, 0) is 0 Å². The molecule has 0 saturated carbocycles. The molecule has 0 bridgehead atoms. The Hall–Kier alpha value is -3.07. The molecule has 1 N–H and O–H groups in total. The zero-order valence-corrected chi connectivity index (χ0v) is 14.7. The average molecular weight is 416 g/mol. The van der Waals surface area contributed by atoms with Crippen LogP contribution in [0.3, 0.4) is 0 Å². The predicted molar refractivity (Wildman–Crippen MR) is 97.0 cm³/mol. The van der Waals surface area contributed by atoms with E-state index in [4.69, 9.17) is 0 Å². The highest BCUT2D eigenvalue weighted by Gasteiger charge is 2.26. The number of halogens is 2. The van der Waals surface area contributed by atoms with Crippen LogP contribution in [0.15, 0.2) is 59.3 Å². The lowest BCUT2D eigenvalue weighted by atomic mass is 10.0.